The Hall–Kier alpha value is -2.86. The molecule has 0 spiro atoms. The Bertz CT molecular complexity index is 776. The molecule has 29 heavy (non-hydrogen) atoms. The summed E-state index contributed by atoms with van der Waals surface area (Å²) >= 11 is 0. The molecular formula is C23H29NO5. The lowest BCUT2D eigenvalue weighted by atomic mass is 9.87. The van der Waals surface area contributed by atoms with Crippen molar-refractivity contribution in [3.05, 3.63) is 65.7 Å². The van der Waals surface area contributed by atoms with Gasteiger partial charge in [-0.1, -0.05) is 68.7 Å². The fraction of sp³-hybridized carbons (Fsp3) is 0.391. The van der Waals surface area contributed by atoms with Crippen molar-refractivity contribution < 1.29 is 24.5 Å². The molecule has 0 fully saturated rings. The molecule has 0 bridgehead atoms. The van der Waals surface area contributed by atoms with E-state index in [1.165, 1.54) is 12.0 Å². The van der Waals surface area contributed by atoms with Gasteiger partial charge in [-0.3, -0.25) is 9.59 Å². The van der Waals surface area contributed by atoms with Gasteiger partial charge in [0.25, 0.3) is 0 Å². The van der Waals surface area contributed by atoms with Gasteiger partial charge in [0.05, 0.1) is 6.42 Å². The number of carbonyl (C=O) groups is 2. The van der Waals surface area contributed by atoms with Crippen LogP contribution < -0.4 is 10.5 Å². The van der Waals surface area contributed by atoms with E-state index in [0.717, 1.165) is 24.8 Å². The average Bonchev–Trinajstić information content (AvgIpc) is 2.71. The lowest BCUT2D eigenvalue weighted by Crippen LogP contribution is -2.46. The van der Waals surface area contributed by atoms with Crippen LogP contribution in [0.2, 0.25) is 0 Å². The first-order valence-corrected chi connectivity index (χ1v) is 9.94. The Labute approximate surface area is 171 Å². The molecule has 2 rings (SSSR count). The molecule has 0 aliphatic heterocycles. The molecule has 0 aliphatic rings. The Kier molecular flexibility index (Phi) is 8.68. The van der Waals surface area contributed by atoms with Gasteiger partial charge in [-0.2, -0.15) is 0 Å². The molecule has 0 saturated carbocycles. The quantitative estimate of drug-likeness (QED) is 0.465. The molecule has 0 amide bonds. The van der Waals surface area contributed by atoms with Gasteiger partial charge in [0.1, 0.15) is 17.9 Å². The van der Waals surface area contributed by atoms with Crippen LogP contribution in [0, 0.1) is 0 Å². The molecule has 156 valence electrons. The van der Waals surface area contributed by atoms with Crippen molar-refractivity contribution >= 4 is 11.9 Å². The van der Waals surface area contributed by atoms with Gasteiger partial charge in [0, 0.05) is 5.92 Å². The number of hydrogen-bond donors (Lipinski definition) is 3. The van der Waals surface area contributed by atoms with Crippen molar-refractivity contribution in [1.82, 2.24) is 0 Å². The second-order valence-corrected chi connectivity index (χ2v) is 7.15. The molecule has 0 heterocycles. The maximum Gasteiger partial charge on any atom is 0.324 e. The minimum atomic E-state index is -1.42. The van der Waals surface area contributed by atoms with Crippen LogP contribution in [-0.4, -0.2) is 34.3 Å². The topological polar surface area (TPSA) is 110 Å². The average molecular weight is 399 g/mol. The van der Waals surface area contributed by atoms with Gasteiger partial charge >= 0.3 is 11.9 Å². The van der Waals surface area contributed by atoms with Crippen molar-refractivity contribution in [2.75, 3.05) is 0 Å². The number of carboxylic acid groups (broad SMARTS) is 2. The minimum absolute atomic E-state index is 0.257. The van der Waals surface area contributed by atoms with Gasteiger partial charge in [0.15, 0.2) is 0 Å². The SMILES string of the molecule is CCCCCC(c1ccccc1)c1ccc(OC(CC(=O)O)[C@H](N)C(=O)O)cc1. The van der Waals surface area contributed by atoms with E-state index in [0.29, 0.717) is 5.75 Å². The summed E-state index contributed by atoms with van der Waals surface area (Å²) in [5.74, 6) is -1.80. The van der Waals surface area contributed by atoms with E-state index in [2.05, 4.69) is 19.1 Å². The van der Waals surface area contributed by atoms with E-state index >= 15 is 0 Å². The number of unbranched alkanes of at least 4 members (excludes halogenated alkanes) is 2. The second-order valence-electron chi connectivity index (χ2n) is 7.15. The molecule has 0 radical (unpaired) electrons. The van der Waals surface area contributed by atoms with Gasteiger partial charge in [-0.25, -0.2) is 0 Å². The summed E-state index contributed by atoms with van der Waals surface area (Å²) < 4.78 is 5.60. The van der Waals surface area contributed by atoms with E-state index in [9.17, 15) is 9.59 Å². The monoisotopic (exact) mass is 399 g/mol. The van der Waals surface area contributed by atoms with Crippen LogP contribution in [0.4, 0.5) is 0 Å². The zero-order valence-corrected chi connectivity index (χ0v) is 16.7. The number of carboxylic acids is 2. The largest absolute Gasteiger partial charge is 0.488 e. The van der Waals surface area contributed by atoms with Crippen LogP contribution in [0.15, 0.2) is 54.6 Å². The zero-order valence-electron chi connectivity index (χ0n) is 16.7. The van der Waals surface area contributed by atoms with Crippen molar-refractivity contribution in [3.63, 3.8) is 0 Å². The highest BCUT2D eigenvalue weighted by molar-refractivity contribution is 5.76. The summed E-state index contributed by atoms with van der Waals surface area (Å²) in [6.07, 6.45) is 2.85. The Morgan fingerprint density at radius 1 is 0.966 bits per heavy atom. The standard InChI is InChI=1S/C23H29NO5/c1-2-3-5-10-19(16-8-6-4-7-9-16)17-11-13-18(14-12-17)29-20(15-21(25)26)22(24)23(27)28/h4,6-9,11-14,19-20,22H,2-3,5,10,15,24H2,1H3,(H,25,26)(H,27,28)/t19?,20?,22-/m0/s1. The van der Waals surface area contributed by atoms with E-state index < -0.39 is 30.5 Å². The Morgan fingerprint density at radius 2 is 1.59 bits per heavy atom. The summed E-state index contributed by atoms with van der Waals surface area (Å²) in [6, 6.07) is 16.3. The third kappa shape index (κ3) is 6.91. The van der Waals surface area contributed by atoms with Crippen LogP contribution in [0.1, 0.15) is 56.1 Å². The third-order valence-corrected chi connectivity index (χ3v) is 4.93. The number of benzene rings is 2. The van der Waals surface area contributed by atoms with E-state index in [1.807, 2.05) is 30.3 Å². The molecular weight excluding hydrogens is 370 g/mol. The molecule has 0 saturated heterocycles. The first kappa shape index (κ1) is 22.4. The van der Waals surface area contributed by atoms with Crippen LogP contribution in [0.25, 0.3) is 0 Å². The predicted molar refractivity (Wildman–Crippen MR) is 111 cm³/mol. The molecule has 0 aliphatic carbocycles. The van der Waals surface area contributed by atoms with E-state index in [-0.39, 0.29) is 5.92 Å². The van der Waals surface area contributed by atoms with Crippen molar-refractivity contribution in [1.29, 1.82) is 0 Å². The van der Waals surface area contributed by atoms with Gasteiger partial charge < -0.3 is 20.7 Å². The summed E-state index contributed by atoms with van der Waals surface area (Å²) in [5, 5.41) is 18.1. The molecule has 2 aromatic rings. The smallest absolute Gasteiger partial charge is 0.324 e. The molecule has 2 aromatic carbocycles. The number of hydrogen-bond acceptors (Lipinski definition) is 4. The molecule has 4 N–H and O–H groups in total. The highest BCUT2D eigenvalue weighted by Gasteiger charge is 2.28. The Balaban J connectivity index is 2.18. The van der Waals surface area contributed by atoms with Crippen molar-refractivity contribution in [3.8, 4) is 5.75 Å². The molecule has 6 nitrogen and oxygen atoms in total. The van der Waals surface area contributed by atoms with E-state index in [1.54, 1.807) is 12.1 Å². The third-order valence-electron chi connectivity index (χ3n) is 4.93. The Morgan fingerprint density at radius 3 is 2.14 bits per heavy atom. The van der Waals surface area contributed by atoms with Crippen molar-refractivity contribution in [2.45, 2.75) is 57.1 Å². The highest BCUT2D eigenvalue weighted by Crippen LogP contribution is 2.31. The number of ether oxygens (including phenoxy) is 1. The fourth-order valence-corrected chi connectivity index (χ4v) is 3.34. The fourth-order valence-electron chi connectivity index (χ4n) is 3.34. The summed E-state index contributed by atoms with van der Waals surface area (Å²) in [4.78, 5) is 22.2. The summed E-state index contributed by atoms with van der Waals surface area (Å²) in [5.41, 5.74) is 7.97. The zero-order chi connectivity index (χ0) is 21.2. The van der Waals surface area contributed by atoms with Gasteiger partial charge in [-0.15, -0.1) is 0 Å². The molecule has 0 aromatic heterocycles. The van der Waals surface area contributed by atoms with Crippen LogP contribution in [0.5, 0.6) is 5.75 Å². The number of rotatable bonds is 12. The van der Waals surface area contributed by atoms with Crippen LogP contribution >= 0.6 is 0 Å². The van der Waals surface area contributed by atoms with Crippen molar-refractivity contribution in [2.24, 2.45) is 5.73 Å². The first-order valence-electron chi connectivity index (χ1n) is 9.94. The van der Waals surface area contributed by atoms with Gasteiger partial charge in [0.2, 0.25) is 0 Å². The number of nitrogens with two attached hydrogens (primary N) is 1. The minimum Gasteiger partial charge on any atom is -0.488 e. The second kappa shape index (κ2) is 11.2. The molecule has 6 heteroatoms. The molecule has 2 unspecified atom stereocenters. The van der Waals surface area contributed by atoms with Crippen LogP contribution in [0.3, 0.4) is 0 Å². The van der Waals surface area contributed by atoms with E-state index in [4.69, 9.17) is 20.7 Å². The normalized spacial score (nSPS) is 14.0. The highest BCUT2D eigenvalue weighted by atomic mass is 16.5. The lowest BCUT2D eigenvalue weighted by Gasteiger charge is -2.22. The van der Waals surface area contributed by atoms with Crippen LogP contribution in [-0.2, 0) is 9.59 Å². The first-order chi connectivity index (χ1) is 13.9. The maximum atomic E-state index is 11.1. The molecule has 3 atom stereocenters. The maximum absolute atomic E-state index is 11.1. The van der Waals surface area contributed by atoms with Gasteiger partial charge in [-0.05, 0) is 29.7 Å². The number of aliphatic carboxylic acids is 2. The lowest BCUT2D eigenvalue weighted by molar-refractivity contribution is -0.143. The summed E-state index contributed by atoms with van der Waals surface area (Å²) in [6.45, 7) is 2.18. The summed E-state index contributed by atoms with van der Waals surface area (Å²) in [7, 11) is 0. The predicted octanol–water partition coefficient (Wildman–Crippen LogP) is 4.03.